The summed E-state index contributed by atoms with van der Waals surface area (Å²) in [5.74, 6) is 1.89. The quantitative estimate of drug-likeness (QED) is 0.160. The van der Waals surface area contributed by atoms with Gasteiger partial charge in [-0.25, -0.2) is 15.0 Å². The summed E-state index contributed by atoms with van der Waals surface area (Å²) in [6.07, 6.45) is 0. The molecule has 69 heavy (non-hydrogen) atoms. The van der Waals surface area contributed by atoms with Crippen molar-refractivity contribution in [2.24, 2.45) is 0 Å². The summed E-state index contributed by atoms with van der Waals surface area (Å²) in [7, 11) is 0. The normalized spacial score (nSPS) is 12.8. The molecule has 0 unspecified atom stereocenters. The first kappa shape index (κ1) is 39.4. The van der Waals surface area contributed by atoms with Crippen LogP contribution < -0.4 is 0 Å². The number of furan rings is 1. The monoisotopic (exact) mass is 897 g/mol. The van der Waals surface area contributed by atoms with Crippen molar-refractivity contribution >= 4 is 53.4 Å². The molecule has 4 nitrogen and oxygen atoms in total. The van der Waals surface area contributed by atoms with Gasteiger partial charge in [0.1, 0.15) is 11.2 Å². The third-order valence-corrected chi connectivity index (χ3v) is 15.3. The fraction of sp³-hybridized carbons (Fsp3) is 0.0156. The molecular formula is C64H39N3OS. The number of rotatable bonds is 7. The van der Waals surface area contributed by atoms with Crippen molar-refractivity contribution in [3.05, 3.63) is 259 Å². The van der Waals surface area contributed by atoms with E-state index in [4.69, 9.17) is 19.4 Å². The van der Waals surface area contributed by atoms with Crippen molar-refractivity contribution < 1.29 is 4.42 Å². The predicted octanol–water partition coefficient (Wildman–Crippen LogP) is 16.8. The minimum Gasteiger partial charge on any atom is -0.455 e. The largest absolute Gasteiger partial charge is 0.455 e. The number of para-hydroxylation sites is 2. The molecular weight excluding hydrogens is 859 g/mol. The van der Waals surface area contributed by atoms with Crippen LogP contribution in [0.15, 0.2) is 241 Å². The summed E-state index contributed by atoms with van der Waals surface area (Å²) < 4.78 is 8.84. The van der Waals surface area contributed by atoms with Gasteiger partial charge in [0.25, 0.3) is 0 Å². The Morgan fingerprint density at radius 1 is 0.348 bits per heavy atom. The molecule has 5 heteroatoms. The van der Waals surface area contributed by atoms with E-state index in [1.807, 2.05) is 12.1 Å². The van der Waals surface area contributed by atoms with E-state index in [9.17, 15) is 0 Å². The second-order valence-electron chi connectivity index (χ2n) is 17.8. The number of hydrogen-bond donors (Lipinski definition) is 0. The van der Waals surface area contributed by atoms with E-state index in [2.05, 4.69) is 224 Å². The fourth-order valence-electron chi connectivity index (χ4n) is 11.0. The van der Waals surface area contributed by atoms with Crippen LogP contribution in [0.25, 0.3) is 110 Å². The van der Waals surface area contributed by atoms with Crippen molar-refractivity contribution in [1.82, 2.24) is 15.0 Å². The lowest BCUT2D eigenvalue weighted by molar-refractivity contribution is 0.670. The molecule has 14 rings (SSSR count). The first-order valence-electron chi connectivity index (χ1n) is 23.3. The van der Waals surface area contributed by atoms with Crippen LogP contribution in [-0.2, 0) is 5.41 Å². The number of benzene rings is 10. The Balaban J connectivity index is 0.944. The summed E-state index contributed by atoms with van der Waals surface area (Å²) in [6, 6.07) is 84.5. The molecule has 0 bridgehead atoms. The summed E-state index contributed by atoms with van der Waals surface area (Å²) in [4.78, 5) is 16.3. The molecule has 0 saturated carbocycles. The van der Waals surface area contributed by atoms with Crippen LogP contribution in [0.3, 0.4) is 0 Å². The number of nitrogens with zero attached hydrogens (tertiary/aromatic N) is 3. The molecule has 322 valence electrons. The van der Waals surface area contributed by atoms with Crippen molar-refractivity contribution in [2.75, 3.05) is 0 Å². The van der Waals surface area contributed by atoms with Crippen LogP contribution in [0, 0.1) is 0 Å². The van der Waals surface area contributed by atoms with Gasteiger partial charge in [0.2, 0.25) is 0 Å². The minimum atomic E-state index is -0.558. The lowest BCUT2D eigenvalue weighted by Crippen LogP contribution is -2.28. The molecule has 10 aromatic carbocycles. The van der Waals surface area contributed by atoms with Gasteiger partial charge in [0.05, 0.1) is 5.41 Å². The van der Waals surface area contributed by atoms with Crippen LogP contribution in [0.1, 0.15) is 22.3 Å². The molecule has 3 aromatic heterocycles. The Morgan fingerprint density at radius 3 is 1.71 bits per heavy atom. The van der Waals surface area contributed by atoms with E-state index in [0.29, 0.717) is 17.5 Å². The van der Waals surface area contributed by atoms with E-state index in [-0.39, 0.29) is 0 Å². The zero-order valence-corrected chi connectivity index (χ0v) is 38.0. The lowest BCUT2D eigenvalue weighted by Gasteiger charge is -2.33. The van der Waals surface area contributed by atoms with E-state index >= 15 is 0 Å². The maximum absolute atomic E-state index is 6.44. The number of fused-ring (bicyclic) bond motifs is 9. The van der Waals surface area contributed by atoms with Gasteiger partial charge in [-0.3, -0.25) is 0 Å². The van der Waals surface area contributed by atoms with Crippen LogP contribution in [0.4, 0.5) is 0 Å². The molecule has 0 atom stereocenters. The van der Waals surface area contributed by atoms with E-state index in [1.165, 1.54) is 43.3 Å². The Labute approximate surface area is 402 Å². The SMILES string of the molecule is c1ccc(C2(c3ccccc3)c3ccccc3-c3c(-c4nc(-c5ccc(-c6cccc(-c7cccc8c7oc7ccccc78)c6)cc5)nc(-c5cccc6c5sc5ccccc56)n4)cccc32)cc1. The summed E-state index contributed by atoms with van der Waals surface area (Å²) >= 11 is 1.79. The maximum atomic E-state index is 6.44. The third-order valence-electron chi connectivity index (χ3n) is 14.1. The van der Waals surface area contributed by atoms with Crippen LogP contribution >= 0.6 is 11.3 Å². The second kappa shape index (κ2) is 15.7. The Bertz CT molecular complexity index is 4100. The molecule has 1 aliphatic carbocycles. The average molecular weight is 898 g/mol. The van der Waals surface area contributed by atoms with Crippen LogP contribution in [0.2, 0.25) is 0 Å². The lowest BCUT2D eigenvalue weighted by atomic mass is 9.67. The highest BCUT2D eigenvalue weighted by atomic mass is 32.1. The topological polar surface area (TPSA) is 51.8 Å². The third kappa shape index (κ3) is 6.11. The zero-order valence-electron chi connectivity index (χ0n) is 37.2. The van der Waals surface area contributed by atoms with E-state index in [1.54, 1.807) is 11.3 Å². The highest BCUT2D eigenvalue weighted by molar-refractivity contribution is 7.26. The molecule has 0 saturated heterocycles. The molecule has 3 heterocycles. The van der Waals surface area contributed by atoms with Crippen LogP contribution in [-0.4, -0.2) is 15.0 Å². The molecule has 0 spiro atoms. The first-order valence-corrected chi connectivity index (χ1v) is 24.2. The Kier molecular flexibility index (Phi) is 8.95. The summed E-state index contributed by atoms with van der Waals surface area (Å²) in [5.41, 5.74) is 15.7. The summed E-state index contributed by atoms with van der Waals surface area (Å²) in [5, 5.41) is 4.68. The second-order valence-corrected chi connectivity index (χ2v) is 18.8. The first-order chi connectivity index (χ1) is 34.2. The zero-order chi connectivity index (χ0) is 45.5. The van der Waals surface area contributed by atoms with Gasteiger partial charge < -0.3 is 4.42 Å². The molecule has 13 aromatic rings. The van der Waals surface area contributed by atoms with Gasteiger partial charge in [-0.1, -0.05) is 212 Å². The highest BCUT2D eigenvalue weighted by Crippen LogP contribution is 2.58. The van der Waals surface area contributed by atoms with Gasteiger partial charge in [-0.2, -0.15) is 0 Å². The van der Waals surface area contributed by atoms with Crippen molar-refractivity contribution in [2.45, 2.75) is 5.41 Å². The Morgan fingerprint density at radius 2 is 0.899 bits per heavy atom. The smallest absolute Gasteiger partial charge is 0.165 e. The van der Waals surface area contributed by atoms with Crippen LogP contribution in [0.5, 0.6) is 0 Å². The number of hydrogen-bond acceptors (Lipinski definition) is 5. The Hall–Kier alpha value is -8.77. The van der Waals surface area contributed by atoms with Gasteiger partial charge >= 0.3 is 0 Å². The van der Waals surface area contributed by atoms with Crippen molar-refractivity contribution in [3.8, 4) is 67.5 Å². The highest BCUT2D eigenvalue weighted by Gasteiger charge is 2.47. The standard InChI is InChI=1S/C64H39N3OS/c1-3-19-44(20-4-1)64(45-21-5-2-6-22-45)54-31-10-7-25-51(54)58-52(29-16-32-55(58)64)62-65-61(66-63(67-62)53-30-15-28-50-48-24-9-12-34-57(48)69-60(50)53)41-37-35-40(36-38-41)42-17-13-18-43(39-42)46-26-14-27-49-47-23-8-11-33-56(47)68-59(46)49/h1-39H. The predicted molar refractivity (Wildman–Crippen MR) is 284 cm³/mol. The van der Waals surface area contributed by atoms with Gasteiger partial charge in [0, 0.05) is 53.2 Å². The number of thiophene rings is 1. The van der Waals surface area contributed by atoms with E-state index < -0.39 is 5.41 Å². The van der Waals surface area contributed by atoms with Gasteiger partial charge in [-0.15, -0.1) is 11.3 Å². The molecule has 0 radical (unpaired) electrons. The summed E-state index contributed by atoms with van der Waals surface area (Å²) in [6.45, 7) is 0. The fourth-order valence-corrected chi connectivity index (χ4v) is 12.2. The molecule has 0 fully saturated rings. The van der Waals surface area contributed by atoms with Gasteiger partial charge in [-0.05, 0) is 74.3 Å². The molecule has 0 N–H and O–H groups in total. The maximum Gasteiger partial charge on any atom is 0.165 e. The van der Waals surface area contributed by atoms with Crippen molar-refractivity contribution in [3.63, 3.8) is 0 Å². The van der Waals surface area contributed by atoms with Gasteiger partial charge in [0.15, 0.2) is 17.5 Å². The molecule has 1 aliphatic rings. The van der Waals surface area contributed by atoms with E-state index in [0.717, 1.165) is 71.1 Å². The molecule has 0 amide bonds. The minimum absolute atomic E-state index is 0.558. The number of aromatic nitrogens is 3. The average Bonchev–Trinajstić information content (AvgIpc) is 4.10. The van der Waals surface area contributed by atoms with Crippen molar-refractivity contribution in [1.29, 1.82) is 0 Å². The molecule has 0 aliphatic heterocycles.